The lowest BCUT2D eigenvalue weighted by Crippen LogP contribution is -1.95. The Morgan fingerprint density at radius 1 is 1.00 bits per heavy atom. The topological polar surface area (TPSA) is 35.5 Å². The first kappa shape index (κ1) is 14.7. The Labute approximate surface area is 127 Å². The molecule has 20 heavy (non-hydrogen) atoms. The van der Waals surface area contributed by atoms with Gasteiger partial charge in [-0.3, -0.25) is 4.79 Å². The third-order valence-electron chi connectivity index (χ3n) is 2.92. The second-order valence-corrected chi connectivity index (χ2v) is 4.83. The number of carbonyl (C=O) groups excluding carboxylic acids is 1. The minimum absolute atomic E-state index is 0.351. The summed E-state index contributed by atoms with van der Waals surface area (Å²) in [5.41, 5.74) is 1.85. The summed E-state index contributed by atoms with van der Waals surface area (Å²) in [4.78, 5) is 11.2. The van der Waals surface area contributed by atoms with E-state index in [1.54, 1.807) is 30.3 Å². The van der Waals surface area contributed by atoms with Crippen molar-refractivity contribution in [2.45, 2.75) is 0 Å². The molecule has 0 amide bonds. The maximum absolute atomic E-state index is 11.2. The molecule has 0 aliphatic carbocycles. The van der Waals surface area contributed by atoms with E-state index in [2.05, 4.69) is 0 Å². The highest BCUT2D eigenvalue weighted by atomic mass is 35.5. The van der Waals surface area contributed by atoms with E-state index >= 15 is 0 Å². The third-order valence-corrected chi connectivity index (χ3v) is 3.51. The maximum atomic E-state index is 11.2. The minimum Gasteiger partial charge on any atom is -0.495 e. The molecule has 0 atom stereocenters. The zero-order valence-electron chi connectivity index (χ0n) is 10.9. The SMILES string of the molecule is COc1ccc(-c2cc(Cl)ccc2C=O)c(OC)c1Cl. The van der Waals surface area contributed by atoms with Crippen LogP contribution in [0, 0.1) is 0 Å². The summed E-state index contributed by atoms with van der Waals surface area (Å²) >= 11 is 12.2. The van der Waals surface area contributed by atoms with Gasteiger partial charge in [0.05, 0.1) is 14.2 Å². The van der Waals surface area contributed by atoms with Crippen molar-refractivity contribution in [1.29, 1.82) is 0 Å². The van der Waals surface area contributed by atoms with Crippen molar-refractivity contribution >= 4 is 29.5 Å². The summed E-state index contributed by atoms with van der Waals surface area (Å²) in [6, 6.07) is 8.51. The predicted molar refractivity (Wildman–Crippen MR) is 80.4 cm³/mol. The number of hydrogen-bond donors (Lipinski definition) is 0. The van der Waals surface area contributed by atoms with Gasteiger partial charge < -0.3 is 9.47 Å². The minimum atomic E-state index is 0.351. The Morgan fingerprint density at radius 2 is 1.75 bits per heavy atom. The zero-order chi connectivity index (χ0) is 14.7. The van der Waals surface area contributed by atoms with Crippen LogP contribution in [0.1, 0.15) is 10.4 Å². The van der Waals surface area contributed by atoms with Gasteiger partial charge in [0.2, 0.25) is 0 Å². The van der Waals surface area contributed by atoms with Gasteiger partial charge in [0, 0.05) is 16.1 Å². The van der Waals surface area contributed by atoms with Crippen LogP contribution in [0.3, 0.4) is 0 Å². The number of ether oxygens (including phenoxy) is 2. The number of aldehydes is 1. The van der Waals surface area contributed by atoms with Crippen LogP contribution in [0.15, 0.2) is 30.3 Å². The van der Waals surface area contributed by atoms with E-state index in [4.69, 9.17) is 32.7 Å². The molecule has 0 heterocycles. The fourth-order valence-electron chi connectivity index (χ4n) is 1.97. The quantitative estimate of drug-likeness (QED) is 0.780. The van der Waals surface area contributed by atoms with E-state index in [1.165, 1.54) is 14.2 Å². The van der Waals surface area contributed by atoms with Crippen molar-refractivity contribution < 1.29 is 14.3 Å². The molecular weight excluding hydrogens is 299 g/mol. The van der Waals surface area contributed by atoms with Crippen molar-refractivity contribution in [3.8, 4) is 22.6 Å². The summed E-state index contributed by atoms with van der Waals surface area (Å²) in [6.45, 7) is 0. The zero-order valence-corrected chi connectivity index (χ0v) is 12.5. The van der Waals surface area contributed by atoms with Gasteiger partial charge in [-0.05, 0) is 35.9 Å². The molecule has 0 N–H and O–H groups in total. The molecule has 0 saturated carbocycles. The van der Waals surface area contributed by atoms with Gasteiger partial charge in [-0.15, -0.1) is 0 Å². The van der Waals surface area contributed by atoms with Gasteiger partial charge in [-0.2, -0.15) is 0 Å². The average molecular weight is 311 g/mol. The van der Waals surface area contributed by atoms with Gasteiger partial charge in [0.1, 0.15) is 16.5 Å². The number of hydrogen-bond acceptors (Lipinski definition) is 3. The molecule has 5 heteroatoms. The molecule has 0 aromatic heterocycles. The van der Waals surface area contributed by atoms with Crippen molar-refractivity contribution in [3.63, 3.8) is 0 Å². The first-order chi connectivity index (χ1) is 9.62. The third kappa shape index (κ3) is 2.60. The predicted octanol–water partition coefficient (Wildman–Crippen LogP) is 4.49. The Hall–Kier alpha value is -1.71. The molecule has 2 rings (SSSR count). The highest BCUT2D eigenvalue weighted by molar-refractivity contribution is 6.34. The van der Waals surface area contributed by atoms with E-state index in [0.717, 1.165) is 6.29 Å². The monoisotopic (exact) mass is 310 g/mol. The Balaban J connectivity index is 2.72. The molecule has 104 valence electrons. The molecule has 0 spiro atoms. The van der Waals surface area contributed by atoms with Gasteiger partial charge in [0.15, 0.2) is 6.29 Å². The van der Waals surface area contributed by atoms with Crippen LogP contribution >= 0.6 is 23.2 Å². The van der Waals surface area contributed by atoms with Gasteiger partial charge in [-0.1, -0.05) is 23.2 Å². The van der Waals surface area contributed by atoms with E-state index in [1.807, 2.05) is 0 Å². The second kappa shape index (κ2) is 6.16. The molecule has 2 aromatic carbocycles. The second-order valence-electron chi connectivity index (χ2n) is 4.01. The van der Waals surface area contributed by atoms with Crippen LogP contribution in [0.25, 0.3) is 11.1 Å². The first-order valence-electron chi connectivity index (χ1n) is 5.78. The fraction of sp³-hybridized carbons (Fsp3) is 0.133. The van der Waals surface area contributed by atoms with E-state index in [0.29, 0.717) is 38.2 Å². The molecule has 0 aliphatic rings. The van der Waals surface area contributed by atoms with Gasteiger partial charge >= 0.3 is 0 Å². The van der Waals surface area contributed by atoms with E-state index in [9.17, 15) is 4.79 Å². The standard InChI is InChI=1S/C15H12Cl2O3/c1-19-13-6-5-11(15(20-2)14(13)17)12-7-10(16)4-3-9(12)8-18/h3-8H,1-2H3. The lowest BCUT2D eigenvalue weighted by molar-refractivity contribution is 0.112. The van der Waals surface area contributed by atoms with Gasteiger partial charge in [-0.25, -0.2) is 0 Å². The summed E-state index contributed by atoms with van der Waals surface area (Å²) < 4.78 is 10.5. The normalized spacial score (nSPS) is 10.2. The van der Waals surface area contributed by atoms with Crippen molar-refractivity contribution in [2.75, 3.05) is 14.2 Å². The number of carbonyl (C=O) groups is 1. The summed E-state index contributed by atoms with van der Waals surface area (Å²) in [5.74, 6) is 0.943. The fourth-order valence-corrected chi connectivity index (χ4v) is 2.46. The highest BCUT2D eigenvalue weighted by Gasteiger charge is 2.17. The molecule has 0 saturated heterocycles. The van der Waals surface area contributed by atoms with Gasteiger partial charge in [0.25, 0.3) is 0 Å². The number of rotatable bonds is 4. The number of methoxy groups -OCH3 is 2. The van der Waals surface area contributed by atoms with Crippen LogP contribution in [0.2, 0.25) is 10.0 Å². The molecule has 0 bridgehead atoms. The van der Waals surface area contributed by atoms with Crippen molar-refractivity contribution in [2.24, 2.45) is 0 Å². The van der Waals surface area contributed by atoms with Crippen LogP contribution < -0.4 is 9.47 Å². The van der Waals surface area contributed by atoms with E-state index < -0.39 is 0 Å². The van der Waals surface area contributed by atoms with E-state index in [-0.39, 0.29) is 0 Å². The Morgan fingerprint density at radius 3 is 2.35 bits per heavy atom. The highest BCUT2D eigenvalue weighted by Crippen LogP contribution is 2.43. The molecule has 0 radical (unpaired) electrons. The number of benzene rings is 2. The smallest absolute Gasteiger partial charge is 0.150 e. The number of halogens is 2. The van der Waals surface area contributed by atoms with Crippen molar-refractivity contribution in [3.05, 3.63) is 45.9 Å². The Bertz CT molecular complexity index is 654. The molecular formula is C15H12Cl2O3. The summed E-state index contributed by atoms with van der Waals surface area (Å²) in [7, 11) is 3.03. The maximum Gasteiger partial charge on any atom is 0.150 e. The van der Waals surface area contributed by atoms with Crippen LogP contribution in [-0.2, 0) is 0 Å². The van der Waals surface area contributed by atoms with Crippen LogP contribution in [0.5, 0.6) is 11.5 Å². The molecule has 0 fully saturated rings. The Kier molecular flexibility index (Phi) is 4.53. The van der Waals surface area contributed by atoms with Crippen LogP contribution in [0.4, 0.5) is 0 Å². The molecule has 2 aromatic rings. The molecule has 3 nitrogen and oxygen atoms in total. The summed E-state index contributed by atoms with van der Waals surface area (Å²) in [6.07, 6.45) is 0.767. The first-order valence-corrected chi connectivity index (χ1v) is 6.53. The summed E-state index contributed by atoms with van der Waals surface area (Å²) in [5, 5.41) is 0.879. The lowest BCUT2D eigenvalue weighted by atomic mass is 9.99. The molecule has 0 unspecified atom stereocenters. The lowest BCUT2D eigenvalue weighted by Gasteiger charge is -2.14. The average Bonchev–Trinajstić information content (AvgIpc) is 2.46. The largest absolute Gasteiger partial charge is 0.495 e. The van der Waals surface area contributed by atoms with Crippen molar-refractivity contribution in [1.82, 2.24) is 0 Å². The molecule has 0 aliphatic heterocycles. The van der Waals surface area contributed by atoms with Crippen LogP contribution in [-0.4, -0.2) is 20.5 Å².